The lowest BCUT2D eigenvalue weighted by molar-refractivity contribution is 0.199. The molecule has 1 aliphatic carbocycles. The van der Waals surface area contributed by atoms with Gasteiger partial charge in [0.25, 0.3) is 0 Å². The molecule has 0 radical (unpaired) electrons. The van der Waals surface area contributed by atoms with Gasteiger partial charge in [-0.05, 0) is 5.92 Å². The maximum atomic E-state index is 9.39. The van der Waals surface area contributed by atoms with Crippen LogP contribution in [0.4, 0.5) is 0 Å². The van der Waals surface area contributed by atoms with Crippen molar-refractivity contribution in [2.24, 2.45) is 5.92 Å². The van der Waals surface area contributed by atoms with Crippen molar-refractivity contribution >= 4 is 0 Å². The van der Waals surface area contributed by atoms with Gasteiger partial charge in [0.15, 0.2) is 0 Å². The van der Waals surface area contributed by atoms with E-state index in [1.165, 1.54) is 0 Å². The van der Waals surface area contributed by atoms with Gasteiger partial charge in [-0.15, -0.1) is 0 Å². The zero-order valence-corrected chi connectivity index (χ0v) is 7.07. The van der Waals surface area contributed by atoms with Crippen LogP contribution in [0, 0.1) is 5.92 Å². The summed E-state index contributed by atoms with van der Waals surface area (Å²) in [7, 11) is 0. The molecule has 0 amide bonds. The van der Waals surface area contributed by atoms with Crippen LogP contribution in [0.2, 0.25) is 0 Å². The fraction of sp³-hybridized carbons (Fsp3) is 0.778. The first-order chi connectivity index (χ1) is 5.20. The summed E-state index contributed by atoms with van der Waals surface area (Å²) < 4.78 is 0. The van der Waals surface area contributed by atoms with E-state index in [-0.39, 0.29) is 6.10 Å². The Bertz CT molecular complexity index is 188. The van der Waals surface area contributed by atoms with Crippen LogP contribution in [-0.4, -0.2) is 34.7 Å². The highest BCUT2D eigenvalue weighted by Gasteiger charge is 2.52. The van der Waals surface area contributed by atoms with Crippen LogP contribution in [0.1, 0.15) is 13.8 Å². The van der Waals surface area contributed by atoms with Crippen molar-refractivity contribution < 1.29 is 5.11 Å². The van der Waals surface area contributed by atoms with Gasteiger partial charge in [0.05, 0.1) is 12.1 Å². The second kappa shape index (κ2) is 2.32. The molecule has 2 unspecified atom stereocenters. The summed E-state index contributed by atoms with van der Waals surface area (Å²) >= 11 is 0. The van der Waals surface area contributed by atoms with Crippen molar-refractivity contribution in [3.63, 3.8) is 0 Å². The standard InChI is InChI=1S/C9H15NO/c1-6(2)5-10-7-3-4-8(11)9(7)10/h3-4,6-9,11H,5H2,1-2H3/t7?,8-,9-,10?/m1/s1. The third kappa shape index (κ3) is 1.10. The molecular formula is C9H15NO. The SMILES string of the molecule is CC(C)CN1C2C=C[C@@H](O)[C@@H]21. The minimum Gasteiger partial charge on any atom is -0.387 e. The number of nitrogens with zero attached hydrogens (tertiary/aromatic N) is 1. The lowest BCUT2D eigenvalue weighted by Crippen LogP contribution is -2.19. The van der Waals surface area contributed by atoms with Crippen molar-refractivity contribution in [2.45, 2.75) is 32.0 Å². The van der Waals surface area contributed by atoms with Gasteiger partial charge in [-0.2, -0.15) is 0 Å². The first-order valence-electron chi connectivity index (χ1n) is 4.32. The summed E-state index contributed by atoms with van der Waals surface area (Å²) in [5.41, 5.74) is 0. The Hall–Kier alpha value is -0.340. The van der Waals surface area contributed by atoms with E-state index in [0.717, 1.165) is 6.54 Å². The summed E-state index contributed by atoms with van der Waals surface area (Å²) in [4.78, 5) is 2.36. The minimum absolute atomic E-state index is 0.196. The Morgan fingerprint density at radius 2 is 2.18 bits per heavy atom. The second-order valence-corrected chi connectivity index (χ2v) is 3.95. The van der Waals surface area contributed by atoms with Gasteiger partial charge in [0, 0.05) is 12.6 Å². The molecule has 2 rings (SSSR count). The molecule has 0 aromatic heterocycles. The highest BCUT2D eigenvalue weighted by molar-refractivity contribution is 5.26. The number of fused-ring (bicyclic) bond motifs is 1. The first-order valence-corrected chi connectivity index (χ1v) is 4.32. The molecule has 1 saturated heterocycles. The molecule has 2 nitrogen and oxygen atoms in total. The monoisotopic (exact) mass is 153 g/mol. The fourth-order valence-electron chi connectivity index (χ4n) is 1.95. The van der Waals surface area contributed by atoms with Gasteiger partial charge in [0.2, 0.25) is 0 Å². The molecular weight excluding hydrogens is 138 g/mol. The number of hydrogen-bond acceptors (Lipinski definition) is 2. The van der Waals surface area contributed by atoms with Gasteiger partial charge < -0.3 is 5.11 Å². The molecule has 11 heavy (non-hydrogen) atoms. The fourth-order valence-corrected chi connectivity index (χ4v) is 1.95. The van der Waals surface area contributed by atoms with E-state index in [1.807, 2.05) is 6.08 Å². The lowest BCUT2D eigenvalue weighted by Gasteiger charge is -2.09. The quantitative estimate of drug-likeness (QED) is 0.464. The van der Waals surface area contributed by atoms with Crippen LogP contribution < -0.4 is 0 Å². The van der Waals surface area contributed by atoms with E-state index in [9.17, 15) is 5.11 Å². The molecule has 2 heteroatoms. The third-order valence-electron chi connectivity index (χ3n) is 2.46. The van der Waals surface area contributed by atoms with Crippen molar-refractivity contribution in [3.05, 3.63) is 12.2 Å². The maximum absolute atomic E-state index is 9.39. The van der Waals surface area contributed by atoms with Crippen LogP contribution in [-0.2, 0) is 0 Å². The van der Waals surface area contributed by atoms with E-state index in [2.05, 4.69) is 24.8 Å². The van der Waals surface area contributed by atoms with E-state index in [1.54, 1.807) is 0 Å². The van der Waals surface area contributed by atoms with Crippen molar-refractivity contribution in [2.75, 3.05) is 6.54 Å². The molecule has 2 aliphatic rings. The van der Waals surface area contributed by atoms with E-state index >= 15 is 0 Å². The van der Waals surface area contributed by atoms with Crippen molar-refractivity contribution in [1.82, 2.24) is 4.90 Å². The largest absolute Gasteiger partial charge is 0.387 e. The Morgan fingerprint density at radius 3 is 2.64 bits per heavy atom. The highest BCUT2D eigenvalue weighted by atomic mass is 16.3. The van der Waals surface area contributed by atoms with Gasteiger partial charge in [-0.3, -0.25) is 4.90 Å². The number of aliphatic hydroxyl groups is 1. The molecule has 0 saturated carbocycles. The normalized spacial score (nSPS) is 46.5. The number of hydrogen-bond donors (Lipinski definition) is 1. The van der Waals surface area contributed by atoms with Gasteiger partial charge in [-0.25, -0.2) is 0 Å². The Kier molecular flexibility index (Phi) is 1.55. The van der Waals surface area contributed by atoms with Crippen LogP contribution in [0.15, 0.2) is 12.2 Å². The molecule has 62 valence electrons. The van der Waals surface area contributed by atoms with Gasteiger partial charge in [-0.1, -0.05) is 26.0 Å². The molecule has 0 aromatic rings. The molecule has 0 aromatic carbocycles. The molecule has 1 heterocycles. The van der Waals surface area contributed by atoms with Crippen LogP contribution in [0.25, 0.3) is 0 Å². The van der Waals surface area contributed by atoms with Gasteiger partial charge >= 0.3 is 0 Å². The average molecular weight is 153 g/mol. The Labute approximate surface area is 67.5 Å². The van der Waals surface area contributed by atoms with Gasteiger partial charge in [0.1, 0.15) is 0 Å². The highest BCUT2D eigenvalue weighted by Crippen LogP contribution is 2.37. The molecule has 4 atom stereocenters. The zero-order chi connectivity index (χ0) is 8.01. The minimum atomic E-state index is -0.196. The predicted octanol–water partition coefficient (Wildman–Crippen LogP) is 0.626. The Morgan fingerprint density at radius 1 is 1.45 bits per heavy atom. The van der Waals surface area contributed by atoms with Crippen LogP contribution in [0.5, 0.6) is 0 Å². The van der Waals surface area contributed by atoms with Crippen LogP contribution >= 0.6 is 0 Å². The maximum Gasteiger partial charge on any atom is 0.0895 e. The molecule has 1 N–H and O–H groups in total. The zero-order valence-electron chi connectivity index (χ0n) is 7.07. The molecule has 0 bridgehead atoms. The summed E-state index contributed by atoms with van der Waals surface area (Å²) in [6.07, 6.45) is 3.84. The van der Waals surface area contributed by atoms with E-state index in [4.69, 9.17) is 0 Å². The Balaban J connectivity index is 1.90. The third-order valence-corrected chi connectivity index (χ3v) is 2.46. The smallest absolute Gasteiger partial charge is 0.0895 e. The van der Waals surface area contributed by atoms with Crippen LogP contribution in [0.3, 0.4) is 0 Å². The molecule has 1 fully saturated rings. The van der Waals surface area contributed by atoms with E-state index < -0.39 is 0 Å². The lowest BCUT2D eigenvalue weighted by atomic mass is 10.2. The molecule has 1 aliphatic heterocycles. The summed E-state index contributed by atoms with van der Waals surface area (Å²) in [6.45, 7) is 5.55. The summed E-state index contributed by atoms with van der Waals surface area (Å²) in [5, 5.41) is 9.39. The first kappa shape index (κ1) is 7.32. The average Bonchev–Trinajstić information content (AvgIpc) is 2.41. The molecule has 0 spiro atoms. The summed E-state index contributed by atoms with van der Waals surface area (Å²) in [5.74, 6) is 0.709. The number of aliphatic hydroxyl groups excluding tert-OH is 1. The van der Waals surface area contributed by atoms with Crippen molar-refractivity contribution in [1.29, 1.82) is 0 Å². The van der Waals surface area contributed by atoms with E-state index in [0.29, 0.717) is 18.0 Å². The number of rotatable bonds is 2. The predicted molar refractivity (Wildman–Crippen MR) is 44.3 cm³/mol. The second-order valence-electron chi connectivity index (χ2n) is 3.95. The topological polar surface area (TPSA) is 23.2 Å². The van der Waals surface area contributed by atoms with Crippen molar-refractivity contribution in [3.8, 4) is 0 Å². The summed E-state index contributed by atoms with van der Waals surface area (Å²) in [6, 6.07) is 0.991.